The van der Waals surface area contributed by atoms with Crippen LogP contribution in [0.4, 0.5) is 5.69 Å². The molecule has 0 saturated carbocycles. The van der Waals surface area contributed by atoms with Crippen LogP contribution in [0.15, 0.2) is 72.4 Å². The summed E-state index contributed by atoms with van der Waals surface area (Å²) >= 11 is 10.4. The Morgan fingerprint density at radius 2 is 2.00 bits per heavy atom. The normalized spacial score (nSPS) is 14.7. The van der Waals surface area contributed by atoms with Crippen LogP contribution in [0.1, 0.15) is 31.2 Å². The van der Waals surface area contributed by atoms with E-state index in [2.05, 4.69) is 20.9 Å². The molecule has 1 aliphatic heterocycles. The number of furan rings is 1. The number of aromatic nitrogens is 1. The van der Waals surface area contributed by atoms with E-state index in [9.17, 15) is 19.7 Å². The van der Waals surface area contributed by atoms with Gasteiger partial charge in [-0.05, 0) is 66.2 Å². The number of nitro groups is 1. The van der Waals surface area contributed by atoms with Gasteiger partial charge in [0.1, 0.15) is 33.5 Å². The van der Waals surface area contributed by atoms with Crippen LogP contribution in [0.3, 0.4) is 0 Å². The van der Waals surface area contributed by atoms with Gasteiger partial charge in [0.25, 0.3) is 11.2 Å². The van der Waals surface area contributed by atoms with Crippen molar-refractivity contribution in [1.82, 2.24) is 4.57 Å². The minimum atomic E-state index is -0.917. The third-order valence-electron chi connectivity index (χ3n) is 6.64. The van der Waals surface area contributed by atoms with Crippen molar-refractivity contribution < 1.29 is 28.3 Å². The second-order valence-electron chi connectivity index (χ2n) is 9.16. The Labute approximate surface area is 261 Å². The number of nitrogens with zero attached hydrogens (tertiary/aromatic N) is 3. The summed E-state index contributed by atoms with van der Waals surface area (Å²) in [6.07, 6.45) is 1.55. The quantitative estimate of drug-likeness (QED) is 0.136. The van der Waals surface area contributed by atoms with Crippen molar-refractivity contribution >= 4 is 56.6 Å². The average Bonchev–Trinajstić information content (AvgIpc) is 3.57. The number of carbonyl (C=O) groups excluding carboxylic acids is 1. The van der Waals surface area contributed by atoms with Crippen molar-refractivity contribution in [3.63, 3.8) is 0 Å². The molecule has 0 N–H and O–H groups in total. The molecular weight excluding hydrogens is 666 g/mol. The standard InChI is InChI=1S/C29H23BrClN3O8S/c1-5-41-28(36)24-14(2)32-29-33(26(24)18-12-16(39-3)6-9-22(18)40-4)27(35)23(43-29)13-17-7-8-21(42-17)15-10-19(31)25(30)20(11-15)34(37)38/h6-13,26H,5H2,1-4H3/b23-13-/t26-/m1/s1. The number of nitro benzene ring substituents is 1. The fraction of sp³-hybridized carbons (Fsp3) is 0.207. The first-order chi connectivity index (χ1) is 20.6. The number of allylic oxidation sites excluding steroid dienone is 1. The average molecular weight is 689 g/mol. The van der Waals surface area contributed by atoms with E-state index >= 15 is 0 Å². The molecule has 0 aliphatic carbocycles. The Hall–Kier alpha value is -4.20. The van der Waals surface area contributed by atoms with Gasteiger partial charge in [-0.2, -0.15) is 0 Å². The fourth-order valence-electron chi connectivity index (χ4n) is 4.70. The van der Waals surface area contributed by atoms with Crippen molar-refractivity contribution in [2.24, 2.45) is 4.99 Å². The van der Waals surface area contributed by atoms with Crippen LogP contribution in [-0.4, -0.2) is 36.3 Å². The molecule has 0 saturated heterocycles. The van der Waals surface area contributed by atoms with Gasteiger partial charge in [0.15, 0.2) is 4.80 Å². The summed E-state index contributed by atoms with van der Waals surface area (Å²) in [5.41, 5.74) is 0.862. The maximum absolute atomic E-state index is 14.0. The summed E-state index contributed by atoms with van der Waals surface area (Å²) in [6.45, 7) is 3.52. The maximum atomic E-state index is 14.0. The first-order valence-electron chi connectivity index (χ1n) is 12.7. The van der Waals surface area contributed by atoms with E-state index in [0.717, 1.165) is 11.3 Å². The smallest absolute Gasteiger partial charge is 0.338 e. The monoisotopic (exact) mass is 687 g/mol. The van der Waals surface area contributed by atoms with Gasteiger partial charge in [-0.3, -0.25) is 19.5 Å². The summed E-state index contributed by atoms with van der Waals surface area (Å²) < 4.78 is 24.2. The highest BCUT2D eigenvalue weighted by Crippen LogP contribution is 2.39. The minimum absolute atomic E-state index is 0.134. The molecule has 11 nitrogen and oxygen atoms in total. The third kappa shape index (κ3) is 5.63. The molecule has 3 heterocycles. The van der Waals surface area contributed by atoms with E-state index in [-0.39, 0.29) is 31.9 Å². The van der Waals surface area contributed by atoms with E-state index in [1.54, 1.807) is 50.3 Å². The van der Waals surface area contributed by atoms with Crippen LogP contribution >= 0.6 is 38.9 Å². The molecule has 0 radical (unpaired) electrons. The number of thiazole rings is 1. The van der Waals surface area contributed by atoms with Crippen molar-refractivity contribution in [2.75, 3.05) is 20.8 Å². The first kappa shape index (κ1) is 30.3. The van der Waals surface area contributed by atoms with Crippen molar-refractivity contribution in [2.45, 2.75) is 19.9 Å². The molecule has 4 aromatic rings. The van der Waals surface area contributed by atoms with Crippen molar-refractivity contribution in [3.05, 3.63) is 104 Å². The van der Waals surface area contributed by atoms with E-state index in [4.69, 9.17) is 30.2 Å². The van der Waals surface area contributed by atoms with Gasteiger partial charge in [-0.25, -0.2) is 9.79 Å². The molecule has 1 atom stereocenters. The molecule has 14 heteroatoms. The maximum Gasteiger partial charge on any atom is 0.338 e. The number of rotatable bonds is 8. The zero-order valence-electron chi connectivity index (χ0n) is 23.2. The zero-order chi connectivity index (χ0) is 31.0. The van der Waals surface area contributed by atoms with Gasteiger partial charge < -0.3 is 18.6 Å². The lowest BCUT2D eigenvalue weighted by Gasteiger charge is -2.26. The van der Waals surface area contributed by atoms with Crippen molar-refractivity contribution in [1.29, 1.82) is 0 Å². The van der Waals surface area contributed by atoms with Crippen molar-refractivity contribution in [3.8, 4) is 22.8 Å². The molecular formula is C29H23BrClN3O8S. The second-order valence-corrected chi connectivity index (χ2v) is 11.4. The highest BCUT2D eigenvalue weighted by molar-refractivity contribution is 9.10. The van der Waals surface area contributed by atoms with Gasteiger partial charge in [-0.1, -0.05) is 22.9 Å². The number of esters is 1. The van der Waals surface area contributed by atoms with Crippen LogP contribution in [0, 0.1) is 10.1 Å². The molecule has 2 aromatic carbocycles. The number of ether oxygens (including phenoxy) is 3. The number of carbonyl (C=O) groups is 1. The lowest BCUT2D eigenvalue weighted by atomic mass is 9.95. The molecule has 2 aromatic heterocycles. The number of hydrogen-bond acceptors (Lipinski definition) is 10. The largest absolute Gasteiger partial charge is 0.497 e. The van der Waals surface area contributed by atoms with Crippen LogP contribution in [-0.2, 0) is 9.53 Å². The van der Waals surface area contributed by atoms with Gasteiger partial charge in [0.05, 0.1) is 46.6 Å². The zero-order valence-corrected chi connectivity index (χ0v) is 26.3. The molecule has 0 bridgehead atoms. The van der Waals surface area contributed by atoms with Crippen LogP contribution in [0.2, 0.25) is 5.02 Å². The molecule has 222 valence electrons. The Balaban J connectivity index is 1.67. The van der Waals surface area contributed by atoms with Gasteiger partial charge in [0, 0.05) is 23.3 Å². The molecule has 0 fully saturated rings. The summed E-state index contributed by atoms with van der Waals surface area (Å²) in [5, 5.41) is 11.6. The van der Waals surface area contributed by atoms with E-state index in [1.165, 1.54) is 30.9 Å². The first-order valence-corrected chi connectivity index (χ1v) is 14.7. The van der Waals surface area contributed by atoms with E-state index < -0.39 is 22.5 Å². The fourth-order valence-corrected chi connectivity index (χ4v) is 6.32. The summed E-state index contributed by atoms with van der Waals surface area (Å²) in [4.78, 5) is 43.0. The topological polar surface area (TPSA) is 135 Å². The summed E-state index contributed by atoms with van der Waals surface area (Å²) in [6, 6.07) is 10.3. The molecule has 0 spiro atoms. The molecule has 1 aliphatic rings. The number of fused-ring (bicyclic) bond motifs is 1. The Morgan fingerprint density at radius 1 is 1.23 bits per heavy atom. The predicted molar refractivity (Wildman–Crippen MR) is 163 cm³/mol. The minimum Gasteiger partial charge on any atom is -0.497 e. The predicted octanol–water partition coefficient (Wildman–Crippen LogP) is 5.40. The Morgan fingerprint density at radius 3 is 2.67 bits per heavy atom. The number of methoxy groups -OCH3 is 2. The van der Waals surface area contributed by atoms with Gasteiger partial charge >= 0.3 is 5.97 Å². The van der Waals surface area contributed by atoms with Crippen LogP contribution < -0.4 is 24.4 Å². The van der Waals surface area contributed by atoms with Gasteiger partial charge in [0.2, 0.25) is 0 Å². The van der Waals surface area contributed by atoms with Crippen LogP contribution in [0.25, 0.3) is 17.4 Å². The molecule has 0 amide bonds. The van der Waals surface area contributed by atoms with Gasteiger partial charge in [-0.15, -0.1) is 0 Å². The number of halogens is 2. The highest BCUT2D eigenvalue weighted by Gasteiger charge is 2.35. The lowest BCUT2D eigenvalue weighted by molar-refractivity contribution is -0.385. The molecule has 0 unspecified atom stereocenters. The Bertz CT molecular complexity index is 1990. The van der Waals surface area contributed by atoms with E-state index in [0.29, 0.717) is 44.6 Å². The van der Waals surface area contributed by atoms with E-state index in [1.807, 2.05) is 0 Å². The number of benzene rings is 2. The highest BCUT2D eigenvalue weighted by atomic mass is 79.9. The summed E-state index contributed by atoms with van der Waals surface area (Å²) in [5.74, 6) is 0.975. The number of hydrogen-bond donors (Lipinski definition) is 0. The Kier molecular flexibility index (Phi) is 8.58. The summed E-state index contributed by atoms with van der Waals surface area (Å²) in [7, 11) is 3.01. The lowest BCUT2D eigenvalue weighted by Crippen LogP contribution is -2.40. The SMILES string of the molecule is CCOC(=O)C1=C(C)N=c2s/c(=C\c3ccc(-c4cc(Cl)c(Br)c([N+](=O)[O-])c4)o3)c(=O)n2[C@@H]1c1cc(OC)ccc1OC. The second kappa shape index (κ2) is 12.2. The molecule has 5 rings (SSSR count). The molecule has 43 heavy (non-hydrogen) atoms. The third-order valence-corrected chi connectivity index (χ3v) is 8.98. The van der Waals surface area contributed by atoms with Crippen LogP contribution in [0.5, 0.6) is 11.5 Å².